The summed E-state index contributed by atoms with van der Waals surface area (Å²) in [4.78, 5) is 15.8. The van der Waals surface area contributed by atoms with E-state index in [1.54, 1.807) is 17.0 Å². The van der Waals surface area contributed by atoms with Gasteiger partial charge in [0.2, 0.25) is 0 Å². The minimum absolute atomic E-state index is 0.0208. The Labute approximate surface area is 119 Å². The summed E-state index contributed by atoms with van der Waals surface area (Å²) < 4.78 is 13.7. The molecule has 0 aromatic heterocycles. The molecule has 1 fully saturated rings. The summed E-state index contributed by atoms with van der Waals surface area (Å²) in [6, 6.07) is 6.94. The Balaban J connectivity index is 1.89. The fraction of sp³-hybridized carbons (Fsp3) is 0.533. The van der Waals surface area contributed by atoms with Crippen LogP contribution in [0.25, 0.3) is 0 Å². The molecule has 1 N–H and O–H groups in total. The van der Waals surface area contributed by atoms with Gasteiger partial charge in [-0.1, -0.05) is 19.1 Å². The quantitative estimate of drug-likeness (QED) is 0.922. The van der Waals surface area contributed by atoms with E-state index in [9.17, 15) is 9.18 Å². The van der Waals surface area contributed by atoms with Crippen molar-refractivity contribution in [2.45, 2.75) is 26.3 Å². The average Bonchev–Trinajstić information content (AvgIpc) is 2.47. The van der Waals surface area contributed by atoms with E-state index >= 15 is 0 Å². The molecule has 1 aliphatic heterocycles. The fourth-order valence-corrected chi connectivity index (χ4v) is 2.26. The topological polar surface area (TPSA) is 35.6 Å². The zero-order valence-corrected chi connectivity index (χ0v) is 12.1. The van der Waals surface area contributed by atoms with E-state index in [2.05, 4.69) is 5.32 Å². The number of hydrogen-bond donors (Lipinski definition) is 1. The molecule has 2 amide bonds. The number of urea groups is 1. The molecule has 0 aliphatic carbocycles. The first-order chi connectivity index (χ1) is 9.61. The van der Waals surface area contributed by atoms with Crippen molar-refractivity contribution in [3.63, 3.8) is 0 Å². The van der Waals surface area contributed by atoms with Crippen molar-refractivity contribution in [1.29, 1.82) is 0 Å². The highest BCUT2D eigenvalue weighted by atomic mass is 19.1. The van der Waals surface area contributed by atoms with E-state index in [0.717, 1.165) is 6.42 Å². The Hall–Kier alpha value is -1.78. The third-order valence-electron chi connectivity index (χ3n) is 3.74. The van der Waals surface area contributed by atoms with Gasteiger partial charge in [-0.05, 0) is 25.5 Å². The second-order valence-electron chi connectivity index (χ2n) is 5.18. The smallest absolute Gasteiger partial charge is 0.317 e. The van der Waals surface area contributed by atoms with Crippen LogP contribution < -0.4 is 10.2 Å². The molecule has 1 aliphatic rings. The van der Waals surface area contributed by atoms with Gasteiger partial charge in [-0.15, -0.1) is 0 Å². The van der Waals surface area contributed by atoms with Crippen LogP contribution in [0.1, 0.15) is 20.3 Å². The predicted octanol–water partition coefficient (Wildman–Crippen LogP) is 2.46. The third kappa shape index (κ3) is 3.40. The van der Waals surface area contributed by atoms with Gasteiger partial charge in [-0.25, -0.2) is 9.18 Å². The number of carbonyl (C=O) groups is 1. The molecular weight excluding hydrogens is 257 g/mol. The lowest BCUT2D eigenvalue weighted by atomic mass is 10.2. The Bertz CT molecular complexity index is 458. The molecule has 4 nitrogen and oxygen atoms in total. The highest BCUT2D eigenvalue weighted by Crippen LogP contribution is 2.20. The van der Waals surface area contributed by atoms with E-state index in [4.69, 9.17) is 0 Å². The second-order valence-corrected chi connectivity index (χ2v) is 5.18. The maximum absolute atomic E-state index is 13.7. The van der Waals surface area contributed by atoms with Crippen molar-refractivity contribution in [2.75, 3.05) is 31.1 Å². The highest BCUT2D eigenvalue weighted by molar-refractivity contribution is 5.74. The molecule has 1 heterocycles. The summed E-state index contributed by atoms with van der Waals surface area (Å²) in [6.07, 6.45) is 0.918. The first-order valence-corrected chi connectivity index (χ1v) is 7.16. The molecule has 0 bridgehead atoms. The number of benzene rings is 1. The van der Waals surface area contributed by atoms with Gasteiger partial charge in [-0.3, -0.25) is 0 Å². The van der Waals surface area contributed by atoms with Crippen LogP contribution in [0.2, 0.25) is 0 Å². The zero-order chi connectivity index (χ0) is 14.5. The Morgan fingerprint density at radius 3 is 2.55 bits per heavy atom. The summed E-state index contributed by atoms with van der Waals surface area (Å²) in [5.74, 6) is -0.204. The maximum atomic E-state index is 13.7. The molecule has 2 rings (SSSR count). The predicted molar refractivity (Wildman–Crippen MR) is 78.5 cm³/mol. The first-order valence-electron chi connectivity index (χ1n) is 7.16. The van der Waals surface area contributed by atoms with Gasteiger partial charge in [0.1, 0.15) is 5.82 Å². The van der Waals surface area contributed by atoms with Crippen LogP contribution in [-0.2, 0) is 0 Å². The van der Waals surface area contributed by atoms with Gasteiger partial charge in [0, 0.05) is 32.2 Å². The lowest BCUT2D eigenvalue weighted by Gasteiger charge is -2.36. The van der Waals surface area contributed by atoms with Gasteiger partial charge < -0.3 is 15.1 Å². The average molecular weight is 279 g/mol. The van der Waals surface area contributed by atoms with Crippen molar-refractivity contribution in [3.8, 4) is 0 Å². The molecular formula is C15H22FN3O. The number of carbonyl (C=O) groups excluding carboxylic acids is 1. The number of halogens is 1. The molecule has 110 valence electrons. The summed E-state index contributed by atoms with van der Waals surface area (Å²) in [5.41, 5.74) is 0.620. The monoisotopic (exact) mass is 279 g/mol. The van der Waals surface area contributed by atoms with Crippen molar-refractivity contribution in [1.82, 2.24) is 10.2 Å². The lowest BCUT2D eigenvalue weighted by Crippen LogP contribution is -2.53. The van der Waals surface area contributed by atoms with Gasteiger partial charge in [-0.2, -0.15) is 0 Å². The Kier molecular flexibility index (Phi) is 4.82. The van der Waals surface area contributed by atoms with Crippen LogP contribution in [0.15, 0.2) is 24.3 Å². The minimum atomic E-state index is -0.204. The number of rotatable bonds is 3. The van der Waals surface area contributed by atoms with Gasteiger partial charge in [0.25, 0.3) is 0 Å². The standard InChI is InChI=1S/C15H22FN3O/c1-3-12(2)17-15(20)19-10-8-18(9-11-19)14-7-5-4-6-13(14)16/h4-7,12H,3,8-11H2,1-2H3,(H,17,20)/t12-/m1/s1. The number of amides is 2. The van der Waals surface area contributed by atoms with E-state index < -0.39 is 0 Å². The van der Waals surface area contributed by atoms with E-state index in [1.807, 2.05) is 24.8 Å². The normalized spacial score (nSPS) is 16.9. The van der Waals surface area contributed by atoms with E-state index in [-0.39, 0.29) is 17.9 Å². The third-order valence-corrected chi connectivity index (χ3v) is 3.74. The summed E-state index contributed by atoms with van der Waals surface area (Å²) in [7, 11) is 0. The van der Waals surface area contributed by atoms with Gasteiger partial charge in [0.05, 0.1) is 5.69 Å². The molecule has 5 heteroatoms. The first kappa shape index (κ1) is 14.6. The largest absolute Gasteiger partial charge is 0.366 e. The van der Waals surface area contributed by atoms with Crippen molar-refractivity contribution >= 4 is 11.7 Å². The fourth-order valence-electron chi connectivity index (χ4n) is 2.26. The second kappa shape index (κ2) is 6.59. The minimum Gasteiger partial charge on any atom is -0.366 e. The van der Waals surface area contributed by atoms with Crippen LogP contribution in [0.5, 0.6) is 0 Å². The lowest BCUT2D eigenvalue weighted by molar-refractivity contribution is 0.190. The SMILES string of the molecule is CC[C@@H](C)NC(=O)N1CCN(c2ccccc2F)CC1. The highest BCUT2D eigenvalue weighted by Gasteiger charge is 2.23. The number of hydrogen-bond acceptors (Lipinski definition) is 2. The van der Waals surface area contributed by atoms with Crippen LogP contribution in [0, 0.1) is 5.82 Å². The van der Waals surface area contributed by atoms with Crippen LogP contribution in [0.3, 0.4) is 0 Å². The van der Waals surface area contributed by atoms with E-state index in [1.165, 1.54) is 6.07 Å². The summed E-state index contributed by atoms with van der Waals surface area (Å²) in [6.45, 7) is 6.60. The number of anilines is 1. The molecule has 20 heavy (non-hydrogen) atoms. The van der Waals surface area contributed by atoms with Crippen LogP contribution in [-0.4, -0.2) is 43.2 Å². The molecule has 1 atom stereocenters. The Morgan fingerprint density at radius 2 is 1.95 bits per heavy atom. The molecule has 0 spiro atoms. The van der Waals surface area contributed by atoms with Crippen LogP contribution in [0.4, 0.5) is 14.9 Å². The maximum Gasteiger partial charge on any atom is 0.317 e. The van der Waals surface area contributed by atoms with Crippen LogP contribution >= 0.6 is 0 Å². The molecule has 1 saturated heterocycles. The Morgan fingerprint density at radius 1 is 1.30 bits per heavy atom. The van der Waals surface area contributed by atoms with Gasteiger partial charge in [0.15, 0.2) is 0 Å². The van der Waals surface area contributed by atoms with Gasteiger partial charge >= 0.3 is 6.03 Å². The van der Waals surface area contributed by atoms with Crippen molar-refractivity contribution < 1.29 is 9.18 Å². The number of nitrogens with one attached hydrogen (secondary N) is 1. The molecule has 1 aromatic carbocycles. The van der Waals surface area contributed by atoms with E-state index in [0.29, 0.717) is 31.9 Å². The molecule has 0 radical (unpaired) electrons. The van der Waals surface area contributed by atoms with Crippen molar-refractivity contribution in [3.05, 3.63) is 30.1 Å². The summed E-state index contributed by atoms with van der Waals surface area (Å²) >= 11 is 0. The zero-order valence-electron chi connectivity index (χ0n) is 12.1. The number of para-hydroxylation sites is 1. The molecule has 0 saturated carbocycles. The summed E-state index contributed by atoms with van der Waals surface area (Å²) in [5, 5.41) is 2.96. The van der Waals surface area contributed by atoms with Crippen molar-refractivity contribution in [2.24, 2.45) is 0 Å². The molecule has 1 aromatic rings. The number of nitrogens with zero attached hydrogens (tertiary/aromatic N) is 2. The molecule has 0 unspecified atom stereocenters. The number of piperazine rings is 1.